The highest BCUT2D eigenvalue weighted by atomic mass is 16.5. The highest BCUT2D eigenvalue weighted by Crippen LogP contribution is 2.26. The second-order valence-corrected chi connectivity index (χ2v) is 3.78. The maximum Gasteiger partial charge on any atom is 0.213 e. The first-order valence-electron chi connectivity index (χ1n) is 5.17. The number of aromatic nitrogens is 1. The molecular formula is C13H15NO. The quantitative estimate of drug-likeness (QED) is 0.733. The molecule has 0 spiro atoms. The maximum absolute atomic E-state index is 5.11. The largest absolute Gasteiger partial charge is 0.481 e. The van der Waals surface area contributed by atoms with Crippen molar-refractivity contribution in [3.05, 3.63) is 41.6 Å². The lowest BCUT2D eigenvalue weighted by Gasteiger charge is -2.11. The van der Waals surface area contributed by atoms with Gasteiger partial charge in [0, 0.05) is 12.3 Å². The van der Waals surface area contributed by atoms with Crippen LogP contribution in [0.2, 0.25) is 0 Å². The summed E-state index contributed by atoms with van der Waals surface area (Å²) < 4.78 is 5.11. The number of hydrogen-bond donors (Lipinski definition) is 0. The lowest BCUT2D eigenvalue weighted by atomic mass is 9.96. The minimum atomic E-state index is 0.671. The molecular weight excluding hydrogens is 186 g/mol. The fraction of sp³-hybridized carbons (Fsp3) is 0.308. The van der Waals surface area contributed by atoms with Gasteiger partial charge in [0.2, 0.25) is 5.88 Å². The van der Waals surface area contributed by atoms with Crippen molar-refractivity contribution in [3.63, 3.8) is 0 Å². The Morgan fingerprint density at radius 3 is 3.00 bits per heavy atom. The van der Waals surface area contributed by atoms with Gasteiger partial charge in [0.15, 0.2) is 0 Å². The fourth-order valence-corrected chi connectivity index (χ4v) is 1.75. The number of ether oxygens (including phenoxy) is 1. The first-order chi connectivity index (χ1) is 7.29. The van der Waals surface area contributed by atoms with Crippen molar-refractivity contribution in [1.82, 2.24) is 4.98 Å². The third-order valence-electron chi connectivity index (χ3n) is 2.58. The second kappa shape index (κ2) is 4.30. The second-order valence-electron chi connectivity index (χ2n) is 3.78. The lowest BCUT2D eigenvalue weighted by molar-refractivity contribution is 0.398. The van der Waals surface area contributed by atoms with E-state index in [1.165, 1.54) is 23.1 Å². The van der Waals surface area contributed by atoms with Gasteiger partial charge in [-0.05, 0) is 37.0 Å². The van der Waals surface area contributed by atoms with E-state index in [4.69, 9.17) is 4.74 Å². The Morgan fingerprint density at radius 2 is 2.27 bits per heavy atom. The van der Waals surface area contributed by atoms with Gasteiger partial charge in [-0.3, -0.25) is 0 Å². The minimum Gasteiger partial charge on any atom is -0.481 e. The summed E-state index contributed by atoms with van der Waals surface area (Å²) in [4.78, 5) is 4.10. The third kappa shape index (κ3) is 2.27. The zero-order chi connectivity index (χ0) is 10.7. The van der Waals surface area contributed by atoms with E-state index in [2.05, 4.69) is 24.1 Å². The number of methoxy groups -OCH3 is 1. The zero-order valence-electron chi connectivity index (χ0n) is 9.16. The summed E-state index contributed by atoms with van der Waals surface area (Å²) in [5.41, 5.74) is 3.89. The molecule has 0 bridgehead atoms. The summed E-state index contributed by atoms with van der Waals surface area (Å²) in [5, 5.41) is 0. The van der Waals surface area contributed by atoms with Gasteiger partial charge in [-0.25, -0.2) is 4.98 Å². The van der Waals surface area contributed by atoms with Gasteiger partial charge < -0.3 is 4.74 Å². The molecule has 0 atom stereocenters. The van der Waals surface area contributed by atoms with Crippen LogP contribution in [0.1, 0.15) is 25.3 Å². The van der Waals surface area contributed by atoms with Crippen LogP contribution in [0.15, 0.2) is 36.1 Å². The molecule has 0 N–H and O–H groups in total. The molecule has 0 unspecified atom stereocenters. The van der Waals surface area contributed by atoms with Gasteiger partial charge in [-0.2, -0.15) is 0 Å². The summed E-state index contributed by atoms with van der Waals surface area (Å²) >= 11 is 0. The van der Waals surface area contributed by atoms with Crippen LogP contribution in [0.3, 0.4) is 0 Å². The zero-order valence-corrected chi connectivity index (χ0v) is 9.16. The van der Waals surface area contributed by atoms with Crippen LogP contribution in [0.5, 0.6) is 5.88 Å². The SMILES string of the molecule is COc1cc(C2=CCCC(C)=C2)ccn1. The molecule has 0 aromatic carbocycles. The van der Waals surface area contributed by atoms with Crippen LogP contribution in [0, 0.1) is 0 Å². The number of pyridine rings is 1. The Labute approximate surface area is 90.3 Å². The molecule has 78 valence electrons. The Hall–Kier alpha value is -1.57. The molecule has 0 radical (unpaired) electrons. The Balaban J connectivity index is 2.33. The molecule has 2 nitrogen and oxygen atoms in total. The summed E-state index contributed by atoms with van der Waals surface area (Å²) in [6, 6.07) is 3.99. The monoisotopic (exact) mass is 201 g/mol. The number of hydrogen-bond acceptors (Lipinski definition) is 2. The van der Waals surface area contributed by atoms with E-state index in [0.717, 1.165) is 6.42 Å². The highest BCUT2D eigenvalue weighted by molar-refractivity contribution is 5.75. The van der Waals surface area contributed by atoms with Crippen molar-refractivity contribution in [2.75, 3.05) is 7.11 Å². The standard InChI is InChI=1S/C13H15NO/c1-10-4-3-5-11(8-10)12-6-7-14-13(9-12)15-2/h5-9H,3-4H2,1-2H3. The predicted octanol–water partition coefficient (Wildman–Crippen LogP) is 3.21. The minimum absolute atomic E-state index is 0.671. The molecule has 0 aliphatic heterocycles. The molecule has 0 saturated heterocycles. The van der Waals surface area contributed by atoms with Gasteiger partial charge in [-0.15, -0.1) is 0 Å². The van der Waals surface area contributed by atoms with Crippen LogP contribution in [-0.4, -0.2) is 12.1 Å². The highest BCUT2D eigenvalue weighted by Gasteiger charge is 2.05. The van der Waals surface area contributed by atoms with E-state index in [-0.39, 0.29) is 0 Å². The topological polar surface area (TPSA) is 22.1 Å². The molecule has 1 aliphatic carbocycles. The molecule has 1 aromatic rings. The van der Waals surface area contributed by atoms with E-state index >= 15 is 0 Å². The normalized spacial score (nSPS) is 15.6. The molecule has 1 heterocycles. The average molecular weight is 201 g/mol. The van der Waals surface area contributed by atoms with Crippen molar-refractivity contribution in [1.29, 1.82) is 0 Å². The maximum atomic E-state index is 5.11. The molecule has 0 saturated carbocycles. The van der Waals surface area contributed by atoms with E-state index in [1.54, 1.807) is 13.3 Å². The summed E-state index contributed by atoms with van der Waals surface area (Å²) in [7, 11) is 1.64. The first kappa shape index (κ1) is 9.97. The van der Waals surface area contributed by atoms with E-state index in [9.17, 15) is 0 Å². The van der Waals surface area contributed by atoms with E-state index in [0.29, 0.717) is 5.88 Å². The predicted molar refractivity (Wildman–Crippen MR) is 61.8 cm³/mol. The van der Waals surface area contributed by atoms with Gasteiger partial charge in [0.05, 0.1) is 7.11 Å². The lowest BCUT2D eigenvalue weighted by Crippen LogP contribution is -1.92. The van der Waals surface area contributed by atoms with Crippen molar-refractivity contribution >= 4 is 5.57 Å². The molecule has 2 heteroatoms. The van der Waals surface area contributed by atoms with Crippen molar-refractivity contribution in [2.45, 2.75) is 19.8 Å². The Bertz CT molecular complexity index is 418. The number of rotatable bonds is 2. The molecule has 1 aromatic heterocycles. The smallest absolute Gasteiger partial charge is 0.213 e. The van der Waals surface area contributed by atoms with Gasteiger partial charge >= 0.3 is 0 Å². The average Bonchev–Trinajstić information content (AvgIpc) is 2.29. The summed E-state index contributed by atoms with van der Waals surface area (Å²) in [5.74, 6) is 0.671. The summed E-state index contributed by atoms with van der Waals surface area (Å²) in [6.07, 6.45) is 8.58. The van der Waals surface area contributed by atoms with Crippen LogP contribution in [-0.2, 0) is 0 Å². The van der Waals surface area contributed by atoms with Crippen LogP contribution < -0.4 is 4.74 Å². The van der Waals surface area contributed by atoms with Crippen LogP contribution >= 0.6 is 0 Å². The molecule has 0 fully saturated rings. The van der Waals surface area contributed by atoms with Crippen LogP contribution in [0.25, 0.3) is 5.57 Å². The molecule has 2 rings (SSSR count). The van der Waals surface area contributed by atoms with Crippen molar-refractivity contribution in [3.8, 4) is 5.88 Å². The fourth-order valence-electron chi connectivity index (χ4n) is 1.75. The molecule has 15 heavy (non-hydrogen) atoms. The van der Waals surface area contributed by atoms with Gasteiger partial charge in [0.25, 0.3) is 0 Å². The van der Waals surface area contributed by atoms with Crippen molar-refractivity contribution in [2.24, 2.45) is 0 Å². The number of allylic oxidation sites excluding steroid dienone is 4. The third-order valence-corrected chi connectivity index (χ3v) is 2.58. The van der Waals surface area contributed by atoms with Gasteiger partial charge in [-0.1, -0.05) is 17.7 Å². The van der Waals surface area contributed by atoms with E-state index in [1.807, 2.05) is 12.1 Å². The Morgan fingerprint density at radius 1 is 1.40 bits per heavy atom. The van der Waals surface area contributed by atoms with Crippen molar-refractivity contribution < 1.29 is 4.74 Å². The van der Waals surface area contributed by atoms with Crippen LogP contribution in [0.4, 0.5) is 0 Å². The molecule has 0 amide bonds. The Kier molecular flexibility index (Phi) is 2.86. The first-order valence-corrected chi connectivity index (χ1v) is 5.17. The van der Waals surface area contributed by atoms with Gasteiger partial charge in [0.1, 0.15) is 0 Å². The van der Waals surface area contributed by atoms with E-state index < -0.39 is 0 Å². The number of nitrogens with zero attached hydrogens (tertiary/aromatic N) is 1. The molecule has 1 aliphatic rings. The summed E-state index contributed by atoms with van der Waals surface area (Å²) in [6.45, 7) is 2.17.